The lowest BCUT2D eigenvalue weighted by atomic mass is 10.0. The Hall–Kier alpha value is -2.74. The number of fused-ring (bicyclic) bond motifs is 1. The number of aliphatic hydroxyl groups excluding tert-OH is 1. The van der Waals surface area contributed by atoms with E-state index in [1.54, 1.807) is 18.3 Å². The van der Waals surface area contributed by atoms with Gasteiger partial charge >= 0.3 is 0 Å². The molecule has 8 nitrogen and oxygen atoms in total. The SMILES string of the molecule is CN(CC(=O)N1CCCC1(C)C)c1nc(-c2cc(OCCO)ccn2)nc2c1CCC2. The summed E-state index contributed by atoms with van der Waals surface area (Å²) in [5.74, 6) is 2.09. The molecule has 31 heavy (non-hydrogen) atoms. The highest BCUT2D eigenvalue weighted by Gasteiger charge is 2.36. The van der Waals surface area contributed by atoms with Gasteiger partial charge in [0, 0.05) is 42.7 Å². The summed E-state index contributed by atoms with van der Waals surface area (Å²) < 4.78 is 5.51. The first kappa shape index (κ1) is 21.5. The molecule has 1 amide bonds. The second-order valence-corrected chi connectivity index (χ2v) is 8.92. The van der Waals surface area contributed by atoms with Crippen molar-refractivity contribution in [3.8, 4) is 17.3 Å². The number of carbonyl (C=O) groups is 1. The number of hydrogen-bond donors (Lipinski definition) is 1. The molecule has 1 aliphatic carbocycles. The van der Waals surface area contributed by atoms with Crippen LogP contribution in [0.4, 0.5) is 5.82 Å². The maximum absolute atomic E-state index is 13.0. The van der Waals surface area contributed by atoms with Crippen molar-refractivity contribution in [2.45, 2.75) is 51.5 Å². The van der Waals surface area contributed by atoms with Crippen LogP contribution >= 0.6 is 0 Å². The maximum atomic E-state index is 13.0. The fourth-order valence-electron chi connectivity index (χ4n) is 4.56. The Morgan fingerprint density at radius 3 is 2.87 bits per heavy atom. The number of amides is 1. The highest BCUT2D eigenvalue weighted by Crippen LogP contribution is 2.32. The Morgan fingerprint density at radius 2 is 2.13 bits per heavy atom. The number of pyridine rings is 1. The summed E-state index contributed by atoms with van der Waals surface area (Å²) in [7, 11) is 1.93. The van der Waals surface area contributed by atoms with Gasteiger partial charge in [-0.1, -0.05) is 0 Å². The van der Waals surface area contributed by atoms with Crippen molar-refractivity contribution >= 4 is 11.7 Å². The van der Waals surface area contributed by atoms with Gasteiger partial charge < -0.3 is 19.6 Å². The van der Waals surface area contributed by atoms with E-state index in [1.807, 2.05) is 16.8 Å². The number of aryl methyl sites for hydroxylation is 1. The van der Waals surface area contributed by atoms with Crippen LogP contribution in [-0.4, -0.2) is 69.8 Å². The third-order valence-electron chi connectivity index (χ3n) is 6.17. The highest BCUT2D eigenvalue weighted by molar-refractivity contribution is 5.82. The minimum Gasteiger partial charge on any atom is -0.491 e. The van der Waals surface area contributed by atoms with Crippen LogP contribution in [0.15, 0.2) is 18.3 Å². The van der Waals surface area contributed by atoms with Crippen LogP contribution in [0.2, 0.25) is 0 Å². The van der Waals surface area contributed by atoms with Crippen molar-refractivity contribution in [1.82, 2.24) is 19.9 Å². The molecule has 1 aliphatic heterocycles. The lowest BCUT2D eigenvalue weighted by molar-refractivity contribution is -0.132. The van der Waals surface area contributed by atoms with Gasteiger partial charge in [0.15, 0.2) is 5.82 Å². The zero-order chi connectivity index (χ0) is 22.0. The van der Waals surface area contributed by atoms with E-state index in [4.69, 9.17) is 19.8 Å². The number of nitrogens with zero attached hydrogens (tertiary/aromatic N) is 5. The van der Waals surface area contributed by atoms with E-state index in [-0.39, 0.29) is 24.7 Å². The van der Waals surface area contributed by atoms with Crippen LogP contribution in [0.25, 0.3) is 11.5 Å². The number of carbonyl (C=O) groups excluding carboxylic acids is 1. The molecule has 1 saturated heterocycles. The third kappa shape index (κ3) is 4.49. The first-order valence-electron chi connectivity index (χ1n) is 11.0. The average molecular weight is 426 g/mol. The average Bonchev–Trinajstić information content (AvgIpc) is 3.37. The monoisotopic (exact) mass is 425 g/mol. The second kappa shape index (κ2) is 8.78. The Kier molecular flexibility index (Phi) is 6.09. The van der Waals surface area contributed by atoms with Gasteiger partial charge in [-0.05, 0) is 52.0 Å². The zero-order valence-electron chi connectivity index (χ0n) is 18.6. The van der Waals surface area contributed by atoms with Crippen molar-refractivity contribution in [2.75, 3.05) is 38.3 Å². The Bertz CT molecular complexity index is 962. The molecule has 1 fully saturated rings. The molecule has 2 aromatic rings. The van der Waals surface area contributed by atoms with E-state index in [9.17, 15) is 4.79 Å². The molecular formula is C23H31N5O3. The molecule has 0 aromatic carbocycles. The molecular weight excluding hydrogens is 394 g/mol. The molecule has 3 heterocycles. The summed E-state index contributed by atoms with van der Waals surface area (Å²) in [4.78, 5) is 31.0. The van der Waals surface area contributed by atoms with E-state index in [1.165, 1.54) is 0 Å². The minimum atomic E-state index is -0.0877. The van der Waals surface area contributed by atoms with Gasteiger partial charge in [-0.25, -0.2) is 9.97 Å². The number of hydrogen-bond acceptors (Lipinski definition) is 7. The van der Waals surface area contributed by atoms with Crippen molar-refractivity contribution in [3.63, 3.8) is 0 Å². The first-order valence-corrected chi connectivity index (χ1v) is 11.0. The fraction of sp³-hybridized carbons (Fsp3) is 0.565. The predicted molar refractivity (Wildman–Crippen MR) is 118 cm³/mol. The number of rotatable bonds is 7. The van der Waals surface area contributed by atoms with E-state index in [0.717, 1.165) is 55.7 Å². The summed E-state index contributed by atoms with van der Waals surface area (Å²) in [5.41, 5.74) is 2.69. The Morgan fingerprint density at radius 1 is 1.29 bits per heavy atom. The summed E-state index contributed by atoms with van der Waals surface area (Å²) in [5, 5.41) is 9.00. The van der Waals surface area contributed by atoms with Crippen LogP contribution in [0.5, 0.6) is 5.75 Å². The van der Waals surface area contributed by atoms with E-state index >= 15 is 0 Å². The molecule has 4 rings (SSSR count). The van der Waals surface area contributed by atoms with Gasteiger partial charge in [0.1, 0.15) is 23.9 Å². The molecule has 0 unspecified atom stereocenters. The topological polar surface area (TPSA) is 91.7 Å². The summed E-state index contributed by atoms with van der Waals surface area (Å²) in [6.07, 6.45) is 6.60. The largest absolute Gasteiger partial charge is 0.491 e. The van der Waals surface area contributed by atoms with Gasteiger partial charge in [0.2, 0.25) is 5.91 Å². The lowest BCUT2D eigenvalue weighted by Crippen LogP contribution is -2.47. The van der Waals surface area contributed by atoms with Crippen LogP contribution < -0.4 is 9.64 Å². The maximum Gasteiger partial charge on any atom is 0.242 e. The quantitative estimate of drug-likeness (QED) is 0.727. The van der Waals surface area contributed by atoms with E-state index < -0.39 is 0 Å². The van der Waals surface area contributed by atoms with Gasteiger partial charge in [-0.3, -0.25) is 9.78 Å². The van der Waals surface area contributed by atoms with Gasteiger partial charge in [0.25, 0.3) is 0 Å². The van der Waals surface area contributed by atoms with Crippen molar-refractivity contribution in [3.05, 3.63) is 29.6 Å². The number of aliphatic hydroxyl groups is 1. The van der Waals surface area contributed by atoms with Gasteiger partial charge in [0.05, 0.1) is 13.2 Å². The number of likely N-dealkylation sites (tertiary alicyclic amines) is 1. The molecule has 0 saturated carbocycles. The Labute approximate surface area is 183 Å². The minimum absolute atomic E-state index is 0.0518. The molecule has 2 aromatic heterocycles. The molecule has 0 radical (unpaired) electrons. The van der Waals surface area contributed by atoms with Crippen LogP contribution in [-0.2, 0) is 17.6 Å². The normalized spacial score (nSPS) is 17.0. The number of anilines is 1. The lowest BCUT2D eigenvalue weighted by Gasteiger charge is -2.33. The number of ether oxygens (including phenoxy) is 1. The molecule has 0 atom stereocenters. The summed E-state index contributed by atoms with van der Waals surface area (Å²) in [6.45, 7) is 5.55. The summed E-state index contributed by atoms with van der Waals surface area (Å²) in [6, 6.07) is 3.53. The predicted octanol–water partition coefficient (Wildman–Crippen LogP) is 2.24. The molecule has 8 heteroatoms. The van der Waals surface area contributed by atoms with Crippen molar-refractivity contribution in [1.29, 1.82) is 0 Å². The highest BCUT2D eigenvalue weighted by atomic mass is 16.5. The van der Waals surface area contributed by atoms with Gasteiger partial charge in [-0.2, -0.15) is 0 Å². The molecule has 2 aliphatic rings. The third-order valence-corrected chi connectivity index (χ3v) is 6.17. The van der Waals surface area contributed by atoms with Gasteiger partial charge in [-0.15, -0.1) is 0 Å². The van der Waals surface area contributed by atoms with Crippen molar-refractivity contribution in [2.24, 2.45) is 0 Å². The standard InChI is InChI=1S/C23H31N5O3/c1-23(2)9-5-11-28(23)20(30)15-27(3)22-17-6-4-7-18(17)25-21(26-22)19-14-16(8-10-24-19)31-13-12-29/h8,10,14,29H,4-7,9,11-13,15H2,1-3H3. The second-order valence-electron chi connectivity index (χ2n) is 8.92. The van der Waals surface area contributed by atoms with E-state index in [2.05, 4.69) is 18.8 Å². The summed E-state index contributed by atoms with van der Waals surface area (Å²) >= 11 is 0. The van der Waals surface area contributed by atoms with Crippen molar-refractivity contribution < 1.29 is 14.6 Å². The first-order chi connectivity index (χ1) is 14.9. The fourth-order valence-corrected chi connectivity index (χ4v) is 4.56. The zero-order valence-corrected chi connectivity index (χ0v) is 18.6. The molecule has 0 spiro atoms. The smallest absolute Gasteiger partial charge is 0.242 e. The molecule has 166 valence electrons. The van der Waals surface area contributed by atoms with Crippen LogP contribution in [0.1, 0.15) is 44.4 Å². The molecule has 1 N–H and O–H groups in total. The van der Waals surface area contributed by atoms with Crippen LogP contribution in [0, 0.1) is 0 Å². The molecule has 0 bridgehead atoms. The van der Waals surface area contributed by atoms with E-state index in [0.29, 0.717) is 23.8 Å². The van der Waals surface area contributed by atoms with Crippen LogP contribution in [0.3, 0.4) is 0 Å². The number of aromatic nitrogens is 3. The number of likely N-dealkylation sites (N-methyl/N-ethyl adjacent to an activating group) is 1. The Balaban J connectivity index is 1.61.